The van der Waals surface area contributed by atoms with Crippen molar-refractivity contribution in [3.63, 3.8) is 0 Å². The second-order valence-corrected chi connectivity index (χ2v) is 4.62. The standard InChI is InChI=1S/B6.Nd/c1-2-5(1)3-4(5)6(1,2)3;/q-2;. The molecular formula is B6Nd-2. The summed E-state index contributed by atoms with van der Waals surface area (Å²) in [5.41, 5.74) is 1.33. The van der Waals surface area contributed by atoms with E-state index in [0.29, 0.717) is 11.4 Å². The van der Waals surface area contributed by atoms with Gasteiger partial charge in [0.1, 0.15) is 0 Å². The van der Waals surface area contributed by atoms with E-state index in [-0.39, 0.29) is 40.8 Å². The largest absolute Gasteiger partial charge is 0.364 e. The van der Waals surface area contributed by atoms with Gasteiger partial charge in [0.05, 0.1) is 0 Å². The van der Waals surface area contributed by atoms with Crippen LogP contribution in [-0.4, -0.2) is 37.0 Å². The fourth-order valence-corrected chi connectivity index (χ4v) is 5.80. The zero-order valence-electron chi connectivity index (χ0n) is 3.96. The fourth-order valence-electron chi connectivity index (χ4n) is 5.80. The van der Waals surface area contributed by atoms with Gasteiger partial charge < -0.3 is 25.5 Å². The monoisotopic (exact) mass is 208 g/mol. The average Bonchev–Trinajstić information content (AvgIpc) is 2.12. The number of rotatable bonds is 0. The summed E-state index contributed by atoms with van der Waals surface area (Å²) >= 11 is 0. The van der Waals surface area contributed by atoms with E-state index >= 15 is 0 Å². The molecule has 4 aliphatic heterocycles. The molecule has 0 N–H and O–H groups in total. The molecule has 0 saturated carbocycles. The minimum absolute atomic E-state index is 0. The van der Waals surface area contributed by atoms with Gasteiger partial charge in [-0.3, -0.25) is 11.4 Å². The van der Waals surface area contributed by atoms with Crippen molar-refractivity contribution in [1.29, 1.82) is 0 Å². The molecular weight excluding hydrogens is 209 g/mol. The molecule has 7 heteroatoms. The van der Waals surface area contributed by atoms with Gasteiger partial charge in [0.15, 0.2) is 0 Å². The zero-order chi connectivity index (χ0) is 3.31. The van der Waals surface area contributed by atoms with Crippen LogP contribution in [-0.2, 0) is 0 Å². The Bertz CT molecular complexity index is 149. The van der Waals surface area contributed by atoms with Crippen molar-refractivity contribution in [3.05, 3.63) is 0 Å². The fraction of sp³-hybridized carbons (Fsp3) is 0. The van der Waals surface area contributed by atoms with Crippen LogP contribution in [0.15, 0.2) is 0 Å². The second kappa shape index (κ2) is 0.531. The van der Waals surface area contributed by atoms with Crippen LogP contribution in [0.2, 0.25) is 0 Å². The molecule has 4 fully saturated rings. The molecule has 0 atom stereocenters. The number of fused-ring (bicyclic) bond motifs is 10. The summed E-state index contributed by atoms with van der Waals surface area (Å²) < 4.78 is 0. The van der Waals surface area contributed by atoms with Gasteiger partial charge in [-0.2, -0.15) is 0 Å². The van der Waals surface area contributed by atoms with E-state index < -0.39 is 0 Å². The van der Waals surface area contributed by atoms with Crippen LogP contribution < -0.4 is 0 Å². The molecule has 0 radical (unpaired) electrons. The van der Waals surface area contributed by atoms with Crippen molar-refractivity contribution in [3.8, 4) is 0 Å². The molecule has 0 aromatic rings. The molecule has 0 unspecified atom stereocenters. The normalized spacial score (nSPS) is 48.0. The van der Waals surface area contributed by atoms with Crippen molar-refractivity contribution in [2.24, 2.45) is 0 Å². The Kier molecular flexibility index (Phi) is 0.288. The topological polar surface area (TPSA) is 0 Å². The summed E-state index contributed by atoms with van der Waals surface area (Å²) in [5, 5.41) is 0. The first kappa shape index (κ1) is 3.80. The van der Waals surface area contributed by atoms with Gasteiger partial charge in [0.25, 0.3) is 0 Å². The summed E-state index contributed by atoms with van der Waals surface area (Å²) in [4.78, 5) is 0. The van der Waals surface area contributed by atoms with Gasteiger partial charge in [0.2, 0.25) is 0 Å². The van der Waals surface area contributed by atoms with Crippen molar-refractivity contribution >= 4 is 37.0 Å². The first-order valence-corrected chi connectivity index (χ1v) is 3.33. The van der Waals surface area contributed by atoms with E-state index in [2.05, 4.69) is 0 Å². The van der Waals surface area contributed by atoms with Gasteiger partial charge in [0, 0.05) is 40.8 Å². The van der Waals surface area contributed by atoms with Crippen LogP contribution in [0.3, 0.4) is 0 Å². The summed E-state index contributed by atoms with van der Waals surface area (Å²) in [6.07, 6.45) is 6.00. The van der Waals surface area contributed by atoms with Crippen LogP contribution in [0, 0.1) is 40.8 Å². The molecule has 7 heavy (non-hydrogen) atoms. The van der Waals surface area contributed by atoms with E-state index in [0.717, 1.165) is 0 Å². The third kappa shape index (κ3) is 0.103. The van der Waals surface area contributed by atoms with Crippen LogP contribution >= 0.6 is 0 Å². The Balaban J connectivity index is 0.000000200. The first-order chi connectivity index (χ1) is 2.98. The van der Waals surface area contributed by atoms with Crippen molar-refractivity contribution in [1.82, 2.24) is 0 Å². The quantitative estimate of drug-likeness (QED) is 0.394. The van der Waals surface area contributed by atoms with Crippen molar-refractivity contribution in [2.45, 2.75) is 0 Å². The average molecular weight is 209 g/mol. The van der Waals surface area contributed by atoms with Crippen LogP contribution in [0.5, 0.6) is 0 Å². The van der Waals surface area contributed by atoms with Crippen LogP contribution in [0.4, 0.5) is 0 Å². The van der Waals surface area contributed by atoms with E-state index in [1.54, 1.807) is 0 Å². The molecule has 0 aromatic carbocycles. The Morgan fingerprint density at radius 3 is 1.00 bits per heavy atom. The Labute approximate surface area is 76.8 Å². The molecule has 4 saturated heterocycles. The Morgan fingerprint density at radius 2 is 1.00 bits per heavy atom. The van der Waals surface area contributed by atoms with E-state index in [1.807, 2.05) is 0 Å². The van der Waals surface area contributed by atoms with E-state index in [9.17, 15) is 0 Å². The molecule has 4 heterocycles. The van der Waals surface area contributed by atoms with Crippen molar-refractivity contribution in [2.75, 3.05) is 0 Å². The maximum atomic E-state index is 1.50. The first-order valence-electron chi connectivity index (χ1n) is 3.33. The predicted molar refractivity (Wildman–Crippen MR) is 34.5 cm³/mol. The van der Waals surface area contributed by atoms with Crippen molar-refractivity contribution < 1.29 is 40.8 Å². The van der Waals surface area contributed by atoms with Gasteiger partial charge in [-0.05, 0) is 0 Å². The van der Waals surface area contributed by atoms with E-state index in [1.165, 1.54) is 25.5 Å². The molecule has 24 valence electrons. The molecule has 0 amide bonds. The molecule has 0 aliphatic carbocycles. The minimum Gasteiger partial charge on any atom is -0.364 e. The Morgan fingerprint density at radius 1 is 0.714 bits per heavy atom. The maximum absolute atomic E-state index is 1.50. The van der Waals surface area contributed by atoms with Gasteiger partial charge in [-0.1, -0.05) is 0 Å². The molecule has 4 aliphatic rings. The molecule has 4 rings (SSSR count). The van der Waals surface area contributed by atoms with Gasteiger partial charge in [-0.15, -0.1) is 0 Å². The second-order valence-electron chi connectivity index (χ2n) is 4.62. The summed E-state index contributed by atoms with van der Waals surface area (Å²) in [6, 6.07) is 0. The van der Waals surface area contributed by atoms with Gasteiger partial charge in [-0.25, -0.2) is 0 Å². The van der Waals surface area contributed by atoms with E-state index in [4.69, 9.17) is 0 Å². The maximum Gasteiger partial charge on any atom is 0 e. The summed E-state index contributed by atoms with van der Waals surface area (Å²) in [5.74, 6) is 0. The molecule has 0 bridgehead atoms. The predicted octanol–water partition coefficient (Wildman–Crippen LogP) is -2.28. The Hall–Kier alpha value is 1.74. The van der Waals surface area contributed by atoms with Crippen LogP contribution in [0.25, 0.3) is 0 Å². The third-order valence-electron chi connectivity index (χ3n) is 5.66. The molecule has 2 spiro atoms. The molecule has 0 aromatic heterocycles. The SMILES string of the molecule is B12B3[B-]14B1B4[B-]231.[Nd]. The zero-order valence-corrected chi connectivity index (χ0v) is 7.17. The third-order valence-corrected chi connectivity index (χ3v) is 5.66. The smallest absolute Gasteiger partial charge is 0 e. The summed E-state index contributed by atoms with van der Waals surface area (Å²) in [6.45, 7) is 0. The summed E-state index contributed by atoms with van der Waals surface area (Å²) in [7, 11) is 0. The van der Waals surface area contributed by atoms with Gasteiger partial charge >= 0.3 is 0 Å². The molecule has 0 nitrogen and oxygen atoms in total. The number of hydrogen-bond acceptors (Lipinski definition) is 0. The van der Waals surface area contributed by atoms with Crippen LogP contribution in [0.1, 0.15) is 0 Å². The minimum atomic E-state index is 0. The number of hydrogen-bond donors (Lipinski definition) is 0.